The molecule has 1 heterocycles. The van der Waals surface area contributed by atoms with Crippen molar-refractivity contribution in [2.45, 2.75) is 44.7 Å². The molecule has 0 aliphatic carbocycles. The lowest BCUT2D eigenvalue weighted by molar-refractivity contribution is -0.131. The highest BCUT2D eigenvalue weighted by Gasteiger charge is 2.30. The Kier molecular flexibility index (Phi) is 5.01. The summed E-state index contributed by atoms with van der Waals surface area (Å²) in [6.45, 7) is 2.81. The van der Waals surface area contributed by atoms with E-state index in [-0.39, 0.29) is 18.0 Å². The van der Waals surface area contributed by atoms with Crippen LogP contribution in [-0.4, -0.2) is 30.5 Å². The average molecular weight is 276 g/mol. The zero-order valence-corrected chi connectivity index (χ0v) is 12.3. The number of nitrogens with two attached hydrogens (primary N) is 1. The van der Waals surface area contributed by atoms with Gasteiger partial charge in [-0.1, -0.05) is 19.1 Å². The van der Waals surface area contributed by atoms with Crippen molar-refractivity contribution >= 4 is 5.91 Å². The summed E-state index contributed by atoms with van der Waals surface area (Å²) >= 11 is 0. The van der Waals surface area contributed by atoms with Gasteiger partial charge in [0, 0.05) is 19.5 Å². The van der Waals surface area contributed by atoms with Crippen LogP contribution in [0.2, 0.25) is 0 Å². The zero-order chi connectivity index (χ0) is 14.5. The summed E-state index contributed by atoms with van der Waals surface area (Å²) < 4.78 is 5.59. The normalized spacial score (nSPS) is 23.6. The van der Waals surface area contributed by atoms with Gasteiger partial charge in [-0.3, -0.25) is 4.79 Å². The van der Waals surface area contributed by atoms with Gasteiger partial charge in [0.15, 0.2) is 0 Å². The van der Waals surface area contributed by atoms with E-state index in [1.807, 2.05) is 31.3 Å². The van der Waals surface area contributed by atoms with Crippen LogP contribution in [0.4, 0.5) is 0 Å². The van der Waals surface area contributed by atoms with Crippen LogP contribution < -0.4 is 10.5 Å². The highest BCUT2D eigenvalue weighted by molar-refractivity contribution is 5.76. The van der Waals surface area contributed by atoms with Gasteiger partial charge >= 0.3 is 0 Å². The molecule has 2 rings (SSSR count). The lowest BCUT2D eigenvalue weighted by Crippen LogP contribution is -2.39. The van der Waals surface area contributed by atoms with E-state index in [4.69, 9.17) is 10.5 Å². The number of amides is 1. The van der Waals surface area contributed by atoms with Gasteiger partial charge in [0.1, 0.15) is 5.75 Å². The number of benzene rings is 1. The maximum atomic E-state index is 12.0. The first-order valence-electron chi connectivity index (χ1n) is 7.37. The second-order valence-electron chi connectivity index (χ2n) is 5.42. The minimum atomic E-state index is -0.0368. The molecule has 0 saturated carbocycles. The number of carbonyl (C=O) groups is 1. The Hall–Kier alpha value is -1.55. The predicted octanol–water partition coefficient (Wildman–Crippen LogP) is 2.49. The van der Waals surface area contributed by atoms with Gasteiger partial charge < -0.3 is 15.4 Å². The highest BCUT2D eigenvalue weighted by atomic mass is 16.5. The van der Waals surface area contributed by atoms with Crippen molar-refractivity contribution < 1.29 is 9.53 Å². The first kappa shape index (κ1) is 14.9. The Morgan fingerprint density at radius 3 is 2.70 bits per heavy atom. The molecular weight excluding hydrogens is 252 g/mol. The Labute approximate surface area is 120 Å². The van der Waals surface area contributed by atoms with Crippen molar-refractivity contribution in [2.24, 2.45) is 5.73 Å². The third kappa shape index (κ3) is 3.31. The van der Waals surface area contributed by atoms with Crippen molar-refractivity contribution in [2.75, 3.05) is 13.7 Å². The first-order chi connectivity index (χ1) is 9.63. The summed E-state index contributed by atoms with van der Waals surface area (Å²) in [7, 11) is 1.85. The van der Waals surface area contributed by atoms with Crippen LogP contribution in [0.1, 0.15) is 44.2 Å². The highest BCUT2D eigenvalue weighted by Crippen LogP contribution is 2.29. The number of hydrogen-bond donors (Lipinski definition) is 1. The van der Waals surface area contributed by atoms with Crippen LogP contribution >= 0.6 is 0 Å². The van der Waals surface area contributed by atoms with Crippen molar-refractivity contribution in [3.63, 3.8) is 0 Å². The second kappa shape index (κ2) is 6.75. The third-order valence-corrected chi connectivity index (χ3v) is 3.84. The zero-order valence-electron chi connectivity index (χ0n) is 12.3. The number of carbonyl (C=O) groups excluding carboxylic acids is 1. The molecule has 4 nitrogen and oxygen atoms in total. The van der Waals surface area contributed by atoms with E-state index in [0.717, 1.165) is 37.2 Å². The molecule has 0 aromatic heterocycles. The quantitative estimate of drug-likeness (QED) is 0.919. The minimum absolute atomic E-state index is 0.00569. The van der Waals surface area contributed by atoms with Crippen molar-refractivity contribution in [1.82, 2.24) is 4.90 Å². The standard InChI is InChI=1S/C16H24N2O2/c1-3-11-20-13-9-7-12(8-10-13)16-14(17)5-4-6-15(19)18(16)2/h7-10,14,16H,3-6,11,17H2,1-2H3. The molecule has 1 aliphatic heterocycles. The molecule has 1 aliphatic rings. The number of likely N-dealkylation sites (tertiary alicyclic amines) is 1. The summed E-state index contributed by atoms with van der Waals surface area (Å²) in [6.07, 6.45) is 3.35. The maximum Gasteiger partial charge on any atom is 0.222 e. The second-order valence-corrected chi connectivity index (χ2v) is 5.42. The molecule has 1 fully saturated rings. The van der Waals surface area contributed by atoms with E-state index in [1.165, 1.54) is 0 Å². The number of nitrogens with zero attached hydrogens (tertiary/aromatic N) is 1. The van der Waals surface area contributed by atoms with Gasteiger partial charge in [0.2, 0.25) is 5.91 Å². The Morgan fingerprint density at radius 2 is 2.05 bits per heavy atom. The fraction of sp³-hybridized carbons (Fsp3) is 0.562. The Balaban J connectivity index is 2.17. The summed E-state index contributed by atoms with van der Waals surface area (Å²) in [6, 6.07) is 7.91. The van der Waals surface area contributed by atoms with Gasteiger partial charge in [-0.15, -0.1) is 0 Å². The number of ether oxygens (including phenoxy) is 1. The molecule has 0 spiro atoms. The topological polar surface area (TPSA) is 55.6 Å². The molecular formula is C16H24N2O2. The average Bonchev–Trinajstić information content (AvgIpc) is 2.57. The van der Waals surface area contributed by atoms with Crippen LogP contribution in [0.15, 0.2) is 24.3 Å². The van der Waals surface area contributed by atoms with E-state index in [9.17, 15) is 4.79 Å². The third-order valence-electron chi connectivity index (χ3n) is 3.84. The molecule has 1 aromatic carbocycles. The summed E-state index contributed by atoms with van der Waals surface area (Å²) in [4.78, 5) is 13.8. The SMILES string of the molecule is CCCOc1ccc(C2C(N)CCCC(=O)N2C)cc1. The molecule has 20 heavy (non-hydrogen) atoms. The largest absolute Gasteiger partial charge is 0.494 e. The fourth-order valence-electron chi connectivity index (χ4n) is 2.72. The molecule has 2 atom stereocenters. The summed E-state index contributed by atoms with van der Waals surface area (Å²) in [5.74, 6) is 1.04. The molecule has 4 heteroatoms. The molecule has 0 radical (unpaired) electrons. The molecule has 1 aromatic rings. The lowest BCUT2D eigenvalue weighted by Gasteiger charge is -2.30. The van der Waals surface area contributed by atoms with Gasteiger partial charge in [-0.05, 0) is 37.0 Å². The van der Waals surface area contributed by atoms with E-state index < -0.39 is 0 Å². The van der Waals surface area contributed by atoms with Crippen LogP contribution in [0.25, 0.3) is 0 Å². The van der Waals surface area contributed by atoms with Crippen molar-refractivity contribution in [1.29, 1.82) is 0 Å². The van der Waals surface area contributed by atoms with Crippen LogP contribution in [0.5, 0.6) is 5.75 Å². The number of likely N-dealkylation sites (N-methyl/N-ethyl adjacent to an activating group) is 1. The van der Waals surface area contributed by atoms with Crippen LogP contribution in [-0.2, 0) is 4.79 Å². The molecule has 1 saturated heterocycles. The number of rotatable bonds is 4. The molecule has 2 N–H and O–H groups in total. The van der Waals surface area contributed by atoms with E-state index in [1.54, 1.807) is 4.90 Å². The monoisotopic (exact) mass is 276 g/mol. The molecule has 0 bridgehead atoms. The predicted molar refractivity (Wildman–Crippen MR) is 79.6 cm³/mol. The smallest absolute Gasteiger partial charge is 0.222 e. The van der Waals surface area contributed by atoms with Crippen LogP contribution in [0.3, 0.4) is 0 Å². The minimum Gasteiger partial charge on any atom is -0.494 e. The summed E-state index contributed by atoms with van der Waals surface area (Å²) in [5.41, 5.74) is 7.34. The van der Waals surface area contributed by atoms with Crippen molar-refractivity contribution in [3.8, 4) is 5.75 Å². The van der Waals surface area contributed by atoms with Gasteiger partial charge in [-0.2, -0.15) is 0 Å². The van der Waals surface area contributed by atoms with E-state index in [0.29, 0.717) is 6.42 Å². The van der Waals surface area contributed by atoms with E-state index >= 15 is 0 Å². The Bertz CT molecular complexity index is 444. The Morgan fingerprint density at radius 1 is 1.35 bits per heavy atom. The van der Waals surface area contributed by atoms with E-state index in [2.05, 4.69) is 6.92 Å². The first-order valence-corrected chi connectivity index (χ1v) is 7.37. The van der Waals surface area contributed by atoms with Gasteiger partial charge in [-0.25, -0.2) is 0 Å². The molecule has 1 amide bonds. The summed E-state index contributed by atoms with van der Waals surface area (Å²) in [5, 5.41) is 0. The van der Waals surface area contributed by atoms with Crippen molar-refractivity contribution in [3.05, 3.63) is 29.8 Å². The van der Waals surface area contributed by atoms with Gasteiger partial charge in [0.05, 0.1) is 12.6 Å². The fourth-order valence-corrected chi connectivity index (χ4v) is 2.72. The molecule has 110 valence electrons. The lowest BCUT2D eigenvalue weighted by atomic mass is 9.96. The number of hydrogen-bond acceptors (Lipinski definition) is 3. The van der Waals surface area contributed by atoms with Crippen LogP contribution in [0, 0.1) is 0 Å². The maximum absolute atomic E-state index is 12.0. The van der Waals surface area contributed by atoms with Gasteiger partial charge in [0.25, 0.3) is 0 Å². The molecule has 2 unspecified atom stereocenters.